The minimum Gasteiger partial charge on any atom is -0.295 e. The van der Waals surface area contributed by atoms with E-state index in [2.05, 4.69) is 9.82 Å². The molecule has 0 aliphatic heterocycles. The molecular formula is C15H19N3O3S. The van der Waals surface area contributed by atoms with E-state index in [9.17, 15) is 13.2 Å². The van der Waals surface area contributed by atoms with Gasteiger partial charge in [0.1, 0.15) is 0 Å². The molecule has 0 unspecified atom stereocenters. The summed E-state index contributed by atoms with van der Waals surface area (Å²) in [6.07, 6.45) is 0.520. The minimum absolute atomic E-state index is 0.0950. The van der Waals surface area contributed by atoms with Crippen LogP contribution in [0.2, 0.25) is 0 Å². The fourth-order valence-corrected chi connectivity index (χ4v) is 3.05. The molecular weight excluding hydrogens is 302 g/mol. The fourth-order valence-electron chi connectivity index (χ4n) is 2.02. The predicted molar refractivity (Wildman–Crippen MR) is 83.3 cm³/mol. The molecule has 22 heavy (non-hydrogen) atoms. The van der Waals surface area contributed by atoms with E-state index < -0.39 is 10.0 Å². The van der Waals surface area contributed by atoms with Crippen LogP contribution in [0.25, 0.3) is 0 Å². The standard InChI is InChI=1S/C15H19N3O3S/c1-11-10-14(17-18(11)3)8-9-16-22(20,21)15-6-4-13(5-7-15)12(2)19/h4-7,10,16H,8-9H2,1-3H3. The van der Waals surface area contributed by atoms with Crippen molar-refractivity contribution in [1.82, 2.24) is 14.5 Å². The number of aromatic nitrogens is 2. The number of sulfonamides is 1. The van der Waals surface area contributed by atoms with Gasteiger partial charge in [-0.15, -0.1) is 0 Å². The number of hydrogen-bond acceptors (Lipinski definition) is 4. The second kappa shape index (κ2) is 6.41. The van der Waals surface area contributed by atoms with Crippen molar-refractivity contribution in [2.45, 2.75) is 25.2 Å². The van der Waals surface area contributed by atoms with Crippen molar-refractivity contribution in [2.75, 3.05) is 6.54 Å². The highest BCUT2D eigenvalue weighted by Crippen LogP contribution is 2.11. The van der Waals surface area contributed by atoms with Crippen molar-refractivity contribution in [1.29, 1.82) is 0 Å². The van der Waals surface area contributed by atoms with Crippen LogP contribution < -0.4 is 4.72 Å². The van der Waals surface area contributed by atoms with E-state index in [0.717, 1.165) is 11.4 Å². The first-order valence-electron chi connectivity index (χ1n) is 6.90. The van der Waals surface area contributed by atoms with E-state index in [1.165, 1.54) is 31.2 Å². The summed E-state index contributed by atoms with van der Waals surface area (Å²) in [6, 6.07) is 7.82. The van der Waals surface area contributed by atoms with Crippen LogP contribution in [0, 0.1) is 6.92 Å². The molecule has 0 amide bonds. The third-order valence-corrected chi connectivity index (χ3v) is 4.89. The predicted octanol–water partition coefficient (Wildman–Crippen LogP) is 1.45. The van der Waals surface area contributed by atoms with E-state index in [0.29, 0.717) is 12.0 Å². The van der Waals surface area contributed by atoms with Crippen LogP contribution in [0.15, 0.2) is 35.2 Å². The monoisotopic (exact) mass is 321 g/mol. The van der Waals surface area contributed by atoms with E-state index in [1.54, 1.807) is 4.68 Å². The molecule has 1 heterocycles. The van der Waals surface area contributed by atoms with Crippen molar-refractivity contribution in [3.8, 4) is 0 Å². The molecule has 1 N–H and O–H groups in total. The van der Waals surface area contributed by atoms with Crippen molar-refractivity contribution < 1.29 is 13.2 Å². The lowest BCUT2D eigenvalue weighted by Gasteiger charge is -2.06. The van der Waals surface area contributed by atoms with Gasteiger partial charge in [-0.2, -0.15) is 5.10 Å². The molecule has 118 valence electrons. The maximum Gasteiger partial charge on any atom is 0.240 e. The first-order valence-corrected chi connectivity index (χ1v) is 8.38. The van der Waals surface area contributed by atoms with Crippen LogP contribution in [0.4, 0.5) is 0 Å². The molecule has 0 saturated carbocycles. The Labute approximate surface area is 130 Å². The van der Waals surface area contributed by atoms with Crippen LogP contribution in [-0.4, -0.2) is 30.5 Å². The maximum absolute atomic E-state index is 12.2. The average Bonchev–Trinajstić information content (AvgIpc) is 2.77. The Morgan fingerprint density at radius 1 is 1.27 bits per heavy atom. The fraction of sp³-hybridized carbons (Fsp3) is 0.333. The van der Waals surface area contributed by atoms with Gasteiger partial charge in [0.25, 0.3) is 0 Å². The Bertz CT molecular complexity index is 757. The van der Waals surface area contributed by atoms with E-state index in [1.807, 2.05) is 20.0 Å². The topological polar surface area (TPSA) is 81.1 Å². The molecule has 0 bridgehead atoms. The normalized spacial score (nSPS) is 11.6. The Morgan fingerprint density at radius 3 is 2.41 bits per heavy atom. The van der Waals surface area contributed by atoms with Gasteiger partial charge in [0.2, 0.25) is 10.0 Å². The molecule has 6 nitrogen and oxygen atoms in total. The summed E-state index contributed by atoms with van der Waals surface area (Å²) in [5, 5.41) is 4.28. The molecule has 0 fully saturated rings. The zero-order chi connectivity index (χ0) is 16.3. The van der Waals surface area contributed by atoms with Gasteiger partial charge in [-0.1, -0.05) is 12.1 Å². The number of benzene rings is 1. The summed E-state index contributed by atoms with van der Waals surface area (Å²) >= 11 is 0. The molecule has 0 aliphatic carbocycles. The first-order chi connectivity index (χ1) is 10.3. The van der Waals surface area contributed by atoms with Gasteiger partial charge in [-0.05, 0) is 32.0 Å². The van der Waals surface area contributed by atoms with Gasteiger partial charge in [-0.3, -0.25) is 9.48 Å². The van der Waals surface area contributed by atoms with Crippen molar-refractivity contribution >= 4 is 15.8 Å². The third kappa shape index (κ3) is 3.80. The molecule has 0 saturated heterocycles. The van der Waals surface area contributed by atoms with Crippen molar-refractivity contribution in [3.05, 3.63) is 47.3 Å². The molecule has 1 aromatic heterocycles. The quantitative estimate of drug-likeness (QED) is 0.817. The van der Waals surface area contributed by atoms with E-state index in [4.69, 9.17) is 0 Å². The molecule has 0 aliphatic rings. The van der Waals surface area contributed by atoms with Crippen LogP contribution in [-0.2, 0) is 23.5 Å². The minimum atomic E-state index is -3.57. The lowest BCUT2D eigenvalue weighted by molar-refractivity contribution is 0.101. The first kappa shape index (κ1) is 16.4. The van der Waals surface area contributed by atoms with Gasteiger partial charge in [0.15, 0.2) is 5.78 Å². The van der Waals surface area contributed by atoms with Gasteiger partial charge >= 0.3 is 0 Å². The molecule has 0 atom stereocenters. The second-order valence-corrected chi connectivity index (χ2v) is 6.90. The number of nitrogens with one attached hydrogen (secondary N) is 1. The number of carbonyl (C=O) groups excluding carboxylic acids is 1. The SMILES string of the molecule is CC(=O)c1ccc(S(=O)(=O)NCCc2cc(C)n(C)n2)cc1. The zero-order valence-corrected chi connectivity index (χ0v) is 13.6. The molecule has 1 aromatic carbocycles. The van der Waals surface area contributed by atoms with E-state index in [-0.39, 0.29) is 17.2 Å². The van der Waals surface area contributed by atoms with Gasteiger partial charge < -0.3 is 0 Å². The summed E-state index contributed by atoms with van der Waals surface area (Å²) in [4.78, 5) is 11.3. The third-order valence-electron chi connectivity index (χ3n) is 3.41. The van der Waals surface area contributed by atoms with Gasteiger partial charge in [-0.25, -0.2) is 13.1 Å². The van der Waals surface area contributed by atoms with Crippen molar-refractivity contribution in [3.63, 3.8) is 0 Å². The lowest BCUT2D eigenvalue weighted by atomic mass is 10.2. The summed E-state index contributed by atoms with van der Waals surface area (Å²) in [6.45, 7) is 3.65. The zero-order valence-electron chi connectivity index (χ0n) is 12.8. The number of carbonyl (C=O) groups is 1. The van der Waals surface area contributed by atoms with Crippen LogP contribution in [0.1, 0.15) is 28.7 Å². The summed E-state index contributed by atoms with van der Waals surface area (Å²) in [5.41, 5.74) is 2.36. The Hall–Kier alpha value is -1.99. The largest absolute Gasteiger partial charge is 0.295 e. The molecule has 0 spiro atoms. The summed E-state index contributed by atoms with van der Waals surface area (Å²) < 4.78 is 28.6. The number of nitrogens with zero attached hydrogens (tertiary/aromatic N) is 2. The van der Waals surface area contributed by atoms with E-state index >= 15 is 0 Å². The highest BCUT2D eigenvalue weighted by atomic mass is 32.2. The second-order valence-electron chi connectivity index (χ2n) is 5.13. The highest BCUT2D eigenvalue weighted by molar-refractivity contribution is 7.89. The molecule has 7 heteroatoms. The van der Waals surface area contributed by atoms with Gasteiger partial charge in [0, 0.05) is 31.3 Å². The molecule has 2 rings (SSSR count). The van der Waals surface area contributed by atoms with Crippen LogP contribution in [0.5, 0.6) is 0 Å². The van der Waals surface area contributed by atoms with Crippen LogP contribution in [0.3, 0.4) is 0 Å². The molecule has 2 aromatic rings. The lowest BCUT2D eigenvalue weighted by Crippen LogP contribution is -2.26. The number of hydrogen-bond donors (Lipinski definition) is 1. The number of Topliss-reactive ketones (excluding diaryl/α,β-unsaturated/α-hetero) is 1. The highest BCUT2D eigenvalue weighted by Gasteiger charge is 2.14. The maximum atomic E-state index is 12.2. The van der Waals surface area contributed by atoms with Crippen LogP contribution >= 0.6 is 0 Å². The number of ketones is 1. The Balaban J connectivity index is 2.00. The smallest absolute Gasteiger partial charge is 0.240 e. The van der Waals surface area contributed by atoms with Gasteiger partial charge in [0.05, 0.1) is 10.6 Å². The summed E-state index contributed by atoms with van der Waals surface area (Å²) in [7, 11) is -1.73. The molecule has 0 radical (unpaired) electrons. The Morgan fingerprint density at radius 2 is 1.91 bits per heavy atom. The summed E-state index contributed by atoms with van der Waals surface area (Å²) in [5.74, 6) is -0.0950. The number of rotatable bonds is 6. The average molecular weight is 321 g/mol. The Kier molecular flexibility index (Phi) is 4.77. The van der Waals surface area contributed by atoms with Crippen molar-refractivity contribution in [2.24, 2.45) is 7.05 Å². The number of aryl methyl sites for hydroxylation is 2.